The summed E-state index contributed by atoms with van der Waals surface area (Å²) in [6.45, 7) is 2.07. The Labute approximate surface area is 137 Å². The third-order valence-electron chi connectivity index (χ3n) is 3.06. The summed E-state index contributed by atoms with van der Waals surface area (Å²) in [5, 5.41) is 14.2. The van der Waals surface area contributed by atoms with Gasteiger partial charge in [0, 0.05) is 16.3 Å². The highest BCUT2D eigenvalue weighted by Gasteiger charge is 2.15. The normalized spacial score (nSPS) is 11.9. The van der Waals surface area contributed by atoms with Crippen LogP contribution in [0.4, 0.5) is 0 Å². The van der Waals surface area contributed by atoms with E-state index in [1.54, 1.807) is 6.07 Å². The fraction of sp³-hybridized carbons (Fsp3) is 0.267. The molecule has 2 aromatic rings. The summed E-state index contributed by atoms with van der Waals surface area (Å²) in [4.78, 5) is 26.7. The van der Waals surface area contributed by atoms with Crippen molar-refractivity contribution >= 4 is 34.8 Å². The fourth-order valence-electron chi connectivity index (χ4n) is 1.94. The lowest BCUT2D eigenvalue weighted by Gasteiger charge is -2.11. The highest BCUT2D eigenvalue weighted by atomic mass is 35.5. The topological polar surface area (TPSA) is 79.3 Å². The number of hydrogen-bond donors (Lipinski definition) is 2. The maximum Gasteiger partial charge on any atom is 0.355 e. The molecule has 1 unspecified atom stereocenters. The highest BCUT2D eigenvalue weighted by Crippen LogP contribution is 2.15. The Balaban J connectivity index is 1.87. The van der Waals surface area contributed by atoms with Crippen LogP contribution in [0.25, 0.3) is 0 Å². The van der Waals surface area contributed by atoms with E-state index < -0.39 is 5.97 Å². The smallest absolute Gasteiger partial charge is 0.355 e. The van der Waals surface area contributed by atoms with E-state index in [0.717, 1.165) is 5.56 Å². The zero-order valence-electron chi connectivity index (χ0n) is 11.9. The molecule has 0 aliphatic rings. The number of carboxylic acid groups (broad SMARTS) is 1. The molecule has 0 aliphatic heterocycles. The molecule has 0 spiro atoms. The van der Waals surface area contributed by atoms with Gasteiger partial charge in [-0.2, -0.15) is 0 Å². The maximum atomic E-state index is 12.1. The number of hydrogen-bond acceptors (Lipinski definition) is 4. The van der Waals surface area contributed by atoms with Crippen molar-refractivity contribution in [2.45, 2.75) is 19.9 Å². The molecule has 2 rings (SSSR count). The van der Waals surface area contributed by atoms with Gasteiger partial charge in [0.2, 0.25) is 5.91 Å². The Morgan fingerprint density at radius 3 is 2.86 bits per heavy atom. The van der Waals surface area contributed by atoms with Crippen molar-refractivity contribution in [2.24, 2.45) is 5.92 Å². The summed E-state index contributed by atoms with van der Waals surface area (Å²) >= 11 is 7.13. The minimum Gasteiger partial charge on any atom is -0.476 e. The Morgan fingerprint density at radius 1 is 1.45 bits per heavy atom. The monoisotopic (exact) mass is 338 g/mol. The third-order valence-corrected chi connectivity index (χ3v) is 4.15. The number of benzene rings is 1. The van der Waals surface area contributed by atoms with E-state index in [0.29, 0.717) is 16.5 Å². The molecule has 1 amide bonds. The molecular formula is C15H15ClN2O3S. The molecule has 7 heteroatoms. The van der Waals surface area contributed by atoms with Gasteiger partial charge in [-0.05, 0) is 24.1 Å². The van der Waals surface area contributed by atoms with Crippen molar-refractivity contribution in [3.8, 4) is 0 Å². The Morgan fingerprint density at radius 2 is 2.23 bits per heavy atom. The molecule has 2 N–H and O–H groups in total. The minimum atomic E-state index is -1.07. The number of thiazole rings is 1. The number of nitrogens with one attached hydrogen (secondary N) is 1. The first-order chi connectivity index (χ1) is 10.5. The second-order valence-electron chi connectivity index (χ2n) is 4.88. The van der Waals surface area contributed by atoms with Crippen LogP contribution in [0.1, 0.15) is 28.0 Å². The van der Waals surface area contributed by atoms with E-state index in [2.05, 4.69) is 10.3 Å². The van der Waals surface area contributed by atoms with E-state index in [9.17, 15) is 9.59 Å². The maximum absolute atomic E-state index is 12.1. The zero-order valence-corrected chi connectivity index (χ0v) is 13.4. The van der Waals surface area contributed by atoms with Gasteiger partial charge in [0.15, 0.2) is 5.69 Å². The van der Waals surface area contributed by atoms with Crippen LogP contribution >= 0.6 is 22.9 Å². The van der Waals surface area contributed by atoms with E-state index >= 15 is 0 Å². The number of halogens is 1. The van der Waals surface area contributed by atoms with Crippen LogP contribution in [0.5, 0.6) is 0 Å². The lowest BCUT2D eigenvalue weighted by atomic mass is 10.0. The summed E-state index contributed by atoms with van der Waals surface area (Å²) in [5.41, 5.74) is 0.999. The number of carboxylic acids is 1. The van der Waals surface area contributed by atoms with Crippen molar-refractivity contribution in [2.75, 3.05) is 0 Å². The summed E-state index contributed by atoms with van der Waals surface area (Å²) in [6, 6.07) is 7.41. The van der Waals surface area contributed by atoms with Gasteiger partial charge in [-0.15, -0.1) is 11.3 Å². The average molecular weight is 339 g/mol. The Kier molecular flexibility index (Phi) is 5.51. The lowest BCUT2D eigenvalue weighted by Crippen LogP contribution is -2.29. The van der Waals surface area contributed by atoms with E-state index in [1.165, 1.54) is 16.7 Å². The van der Waals surface area contributed by atoms with Crippen LogP contribution in [0.3, 0.4) is 0 Å². The van der Waals surface area contributed by atoms with Gasteiger partial charge >= 0.3 is 5.97 Å². The van der Waals surface area contributed by atoms with E-state index in [-0.39, 0.29) is 24.1 Å². The zero-order chi connectivity index (χ0) is 16.1. The van der Waals surface area contributed by atoms with Crippen LogP contribution in [0.2, 0.25) is 5.02 Å². The largest absolute Gasteiger partial charge is 0.476 e. The number of carbonyl (C=O) groups excluding carboxylic acids is 1. The number of amides is 1. The predicted octanol–water partition coefficient (Wildman–Crippen LogP) is 2.99. The second kappa shape index (κ2) is 7.38. The Bertz CT molecular complexity index is 687. The molecule has 0 saturated heterocycles. The van der Waals surface area contributed by atoms with Gasteiger partial charge in [0.1, 0.15) is 5.01 Å². The van der Waals surface area contributed by atoms with Crippen LogP contribution in [-0.2, 0) is 17.8 Å². The molecule has 116 valence electrons. The third kappa shape index (κ3) is 4.54. The summed E-state index contributed by atoms with van der Waals surface area (Å²) in [6.07, 6.45) is 0.588. The van der Waals surface area contributed by atoms with E-state index in [4.69, 9.17) is 16.7 Å². The molecule has 1 heterocycles. The molecule has 1 atom stereocenters. The first kappa shape index (κ1) is 16.5. The summed E-state index contributed by atoms with van der Waals surface area (Å²) in [5.74, 6) is -1.38. The standard InChI is InChI=1S/C15H15ClN2O3S/c1-9(5-10-3-2-4-11(16)6-10)14(19)17-7-13-18-12(8-22-13)15(20)21/h2-4,6,8-9H,5,7H2,1H3,(H,17,19)(H,20,21). The number of nitrogens with zero attached hydrogens (tertiary/aromatic N) is 1. The van der Waals surface area contributed by atoms with Gasteiger partial charge in [-0.3, -0.25) is 4.79 Å². The summed E-state index contributed by atoms with van der Waals surface area (Å²) < 4.78 is 0. The fourth-order valence-corrected chi connectivity index (χ4v) is 2.86. The van der Waals surface area contributed by atoms with Crippen LogP contribution in [0, 0.1) is 5.92 Å². The van der Waals surface area contributed by atoms with Gasteiger partial charge < -0.3 is 10.4 Å². The van der Waals surface area contributed by atoms with Crippen molar-refractivity contribution in [3.05, 3.63) is 50.9 Å². The van der Waals surface area contributed by atoms with Crippen LogP contribution in [0.15, 0.2) is 29.6 Å². The number of carbonyl (C=O) groups is 2. The molecule has 5 nitrogen and oxygen atoms in total. The molecule has 0 radical (unpaired) electrons. The molecule has 1 aromatic carbocycles. The molecule has 0 aliphatic carbocycles. The van der Waals surface area contributed by atoms with Gasteiger partial charge in [0.05, 0.1) is 6.54 Å². The molecule has 0 saturated carbocycles. The molecule has 0 fully saturated rings. The lowest BCUT2D eigenvalue weighted by molar-refractivity contribution is -0.124. The summed E-state index contributed by atoms with van der Waals surface area (Å²) in [7, 11) is 0. The molecule has 1 aromatic heterocycles. The molecular weight excluding hydrogens is 324 g/mol. The number of aromatic carboxylic acids is 1. The van der Waals surface area contributed by atoms with Crippen LogP contribution in [-0.4, -0.2) is 22.0 Å². The minimum absolute atomic E-state index is 0.00113. The first-order valence-electron chi connectivity index (χ1n) is 6.65. The Hall–Kier alpha value is -1.92. The first-order valence-corrected chi connectivity index (χ1v) is 7.91. The van der Waals surface area contributed by atoms with Gasteiger partial charge in [-0.1, -0.05) is 30.7 Å². The number of aromatic nitrogens is 1. The van der Waals surface area contributed by atoms with Crippen molar-refractivity contribution < 1.29 is 14.7 Å². The SMILES string of the molecule is CC(Cc1cccc(Cl)c1)C(=O)NCc1nc(C(=O)O)cs1. The van der Waals surface area contributed by atoms with Gasteiger partial charge in [0.25, 0.3) is 0 Å². The van der Waals surface area contributed by atoms with E-state index in [1.807, 2.05) is 25.1 Å². The number of rotatable bonds is 6. The molecule has 22 heavy (non-hydrogen) atoms. The second-order valence-corrected chi connectivity index (χ2v) is 6.26. The van der Waals surface area contributed by atoms with Gasteiger partial charge in [-0.25, -0.2) is 9.78 Å². The quantitative estimate of drug-likeness (QED) is 0.848. The highest BCUT2D eigenvalue weighted by molar-refractivity contribution is 7.09. The van der Waals surface area contributed by atoms with Crippen molar-refractivity contribution in [1.82, 2.24) is 10.3 Å². The average Bonchev–Trinajstić information content (AvgIpc) is 2.93. The van der Waals surface area contributed by atoms with Crippen LogP contribution < -0.4 is 5.32 Å². The van der Waals surface area contributed by atoms with Crippen molar-refractivity contribution in [1.29, 1.82) is 0 Å². The molecule has 0 bridgehead atoms. The predicted molar refractivity (Wildman–Crippen MR) is 85.2 cm³/mol. The van der Waals surface area contributed by atoms with Crippen molar-refractivity contribution in [3.63, 3.8) is 0 Å².